The third kappa shape index (κ3) is 3.00. The Hall–Kier alpha value is -1.45. The number of ether oxygens (including phenoxy) is 1. The summed E-state index contributed by atoms with van der Waals surface area (Å²) in [6.07, 6.45) is 2.06. The molecule has 0 unspecified atom stereocenters. The molecule has 0 bridgehead atoms. The Morgan fingerprint density at radius 1 is 1.05 bits per heavy atom. The molecule has 0 aliphatic rings. The molecule has 0 aliphatic carbocycles. The van der Waals surface area contributed by atoms with Gasteiger partial charge in [-0.2, -0.15) is 0 Å². The summed E-state index contributed by atoms with van der Waals surface area (Å²) in [6, 6.07) is 15.9. The molecule has 1 aromatic heterocycles. The number of hydrogen-bond acceptors (Lipinski definition) is 1. The first-order valence-electron chi connectivity index (χ1n) is 6.35. The fourth-order valence-corrected chi connectivity index (χ4v) is 2.60. The molecule has 0 aliphatic heterocycles. The van der Waals surface area contributed by atoms with Crippen LogP contribution in [0.2, 0.25) is 5.02 Å². The maximum atomic E-state index is 5.99. The third-order valence-electron chi connectivity index (χ3n) is 3.15. The number of nitrogens with zero attached hydrogens (tertiary/aromatic N) is 1. The fraction of sp³-hybridized carbons (Fsp3) is 0.125. The first-order valence-corrected chi connectivity index (χ1v) is 7.52. The summed E-state index contributed by atoms with van der Waals surface area (Å²) in [5, 5.41) is 1.92. The normalized spacial score (nSPS) is 10.9. The van der Waals surface area contributed by atoms with Crippen LogP contribution in [0, 0.1) is 0 Å². The van der Waals surface area contributed by atoms with Crippen molar-refractivity contribution >= 4 is 38.4 Å². The fourth-order valence-electron chi connectivity index (χ4n) is 2.16. The van der Waals surface area contributed by atoms with Crippen LogP contribution in [0.4, 0.5) is 0 Å². The standard InChI is InChI=1S/C16H13BrClNO/c17-13-1-4-15(5-2-13)20-10-9-19-8-7-12-11-14(18)3-6-16(12)19/h1-8,11H,9-10H2. The van der Waals surface area contributed by atoms with Crippen molar-refractivity contribution in [3.8, 4) is 5.75 Å². The lowest BCUT2D eigenvalue weighted by molar-refractivity contribution is 0.300. The van der Waals surface area contributed by atoms with E-state index in [1.165, 1.54) is 5.52 Å². The van der Waals surface area contributed by atoms with E-state index >= 15 is 0 Å². The van der Waals surface area contributed by atoms with Crippen molar-refractivity contribution < 1.29 is 4.74 Å². The molecule has 0 amide bonds. The number of hydrogen-bond donors (Lipinski definition) is 0. The largest absolute Gasteiger partial charge is 0.492 e. The van der Waals surface area contributed by atoms with Crippen molar-refractivity contribution in [1.29, 1.82) is 0 Å². The second-order valence-electron chi connectivity index (χ2n) is 4.51. The molecule has 3 aromatic rings. The van der Waals surface area contributed by atoms with E-state index in [9.17, 15) is 0 Å². The SMILES string of the molecule is Clc1ccc2c(ccn2CCOc2ccc(Br)cc2)c1. The van der Waals surface area contributed by atoms with Crippen LogP contribution in [-0.2, 0) is 6.54 Å². The van der Waals surface area contributed by atoms with Gasteiger partial charge in [0.05, 0.1) is 6.54 Å². The lowest BCUT2D eigenvalue weighted by atomic mass is 10.2. The van der Waals surface area contributed by atoms with E-state index in [2.05, 4.69) is 32.8 Å². The molecule has 0 saturated carbocycles. The minimum absolute atomic E-state index is 0.633. The van der Waals surface area contributed by atoms with Crippen molar-refractivity contribution in [3.63, 3.8) is 0 Å². The van der Waals surface area contributed by atoms with E-state index in [-0.39, 0.29) is 0 Å². The molecule has 1 heterocycles. The van der Waals surface area contributed by atoms with Gasteiger partial charge in [-0.05, 0) is 48.5 Å². The molecule has 0 radical (unpaired) electrons. The summed E-state index contributed by atoms with van der Waals surface area (Å²) in [5.41, 5.74) is 1.17. The van der Waals surface area contributed by atoms with Gasteiger partial charge < -0.3 is 9.30 Å². The number of fused-ring (bicyclic) bond motifs is 1. The molecule has 0 spiro atoms. The highest BCUT2D eigenvalue weighted by atomic mass is 79.9. The molecule has 3 rings (SSSR count). The highest BCUT2D eigenvalue weighted by molar-refractivity contribution is 9.10. The Kier molecular flexibility index (Phi) is 3.99. The van der Waals surface area contributed by atoms with Gasteiger partial charge in [0.2, 0.25) is 0 Å². The lowest BCUT2D eigenvalue weighted by Gasteiger charge is -2.08. The van der Waals surface area contributed by atoms with Crippen LogP contribution in [0.5, 0.6) is 5.75 Å². The van der Waals surface area contributed by atoms with Gasteiger partial charge in [-0.1, -0.05) is 27.5 Å². The van der Waals surface area contributed by atoms with Crippen LogP contribution in [0.25, 0.3) is 10.9 Å². The van der Waals surface area contributed by atoms with E-state index in [1.807, 2.05) is 42.5 Å². The van der Waals surface area contributed by atoms with Crippen molar-refractivity contribution in [2.45, 2.75) is 6.54 Å². The van der Waals surface area contributed by atoms with E-state index in [4.69, 9.17) is 16.3 Å². The van der Waals surface area contributed by atoms with Crippen LogP contribution in [0.3, 0.4) is 0 Å². The van der Waals surface area contributed by atoms with Crippen molar-refractivity contribution in [2.24, 2.45) is 0 Å². The van der Waals surface area contributed by atoms with Crippen molar-refractivity contribution in [2.75, 3.05) is 6.61 Å². The van der Waals surface area contributed by atoms with Gasteiger partial charge in [-0.25, -0.2) is 0 Å². The Bertz CT molecular complexity index is 721. The van der Waals surface area contributed by atoms with E-state index in [0.29, 0.717) is 6.61 Å². The van der Waals surface area contributed by atoms with Crippen LogP contribution in [0.15, 0.2) is 59.2 Å². The third-order valence-corrected chi connectivity index (χ3v) is 3.91. The van der Waals surface area contributed by atoms with Crippen LogP contribution in [-0.4, -0.2) is 11.2 Å². The van der Waals surface area contributed by atoms with Gasteiger partial charge in [0.25, 0.3) is 0 Å². The molecule has 2 aromatic carbocycles. The van der Waals surface area contributed by atoms with Gasteiger partial charge in [0.1, 0.15) is 12.4 Å². The van der Waals surface area contributed by atoms with Crippen LogP contribution in [0.1, 0.15) is 0 Å². The molecule has 0 fully saturated rings. The molecular weight excluding hydrogens is 338 g/mol. The first-order chi connectivity index (χ1) is 9.72. The van der Waals surface area contributed by atoms with E-state index in [1.54, 1.807) is 0 Å². The summed E-state index contributed by atoms with van der Waals surface area (Å²) in [7, 11) is 0. The Labute approximate surface area is 131 Å². The second kappa shape index (κ2) is 5.90. The van der Waals surface area contributed by atoms with Crippen LogP contribution >= 0.6 is 27.5 Å². The zero-order valence-electron chi connectivity index (χ0n) is 10.7. The average Bonchev–Trinajstić information content (AvgIpc) is 2.83. The maximum absolute atomic E-state index is 5.99. The molecule has 4 heteroatoms. The summed E-state index contributed by atoms with van der Waals surface area (Å²) >= 11 is 9.39. The Morgan fingerprint density at radius 2 is 1.85 bits per heavy atom. The Morgan fingerprint density at radius 3 is 2.65 bits per heavy atom. The number of halogens is 2. The van der Waals surface area contributed by atoms with Crippen molar-refractivity contribution in [1.82, 2.24) is 4.57 Å². The predicted octanol–water partition coefficient (Wildman–Crippen LogP) is 5.14. The molecule has 0 saturated heterocycles. The highest BCUT2D eigenvalue weighted by Gasteiger charge is 2.02. The monoisotopic (exact) mass is 349 g/mol. The quantitative estimate of drug-likeness (QED) is 0.636. The predicted molar refractivity (Wildman–Crippen MR) is 86.6 cm³/mol. The van der Waals surface area contributed by atoms with Gasteiger partial charge >= 0.3 is 0 Å². The zero-order chi connectivity index (χ0) is 13.9. The smallest absolute Gasteiger partial charge is 0.119 e. The highest BCUT2D eigenvalue weighted by Crippen LogP contribution is 2.21. The molecule has 102 valence electrons. The minimum atomic E-state index is 0.633. The van der Waals surface area contributed by atoms with Gasteiger partial charge in [0.15, 0.2) is 0 Å². The number of benzene rings is 2. The van der Waals surface area contributed by atoms with Crippen LogP contribution < -0.4 is 4.74 Å². The van der Waals surface area contributed by atoms with E-state index in [0.717, 1.165) is 27.2 Å². The molecule has 2 nitrogen and oxygen atoms in total. The summed E-state index contributed by atoms with van der Waals surface area (Å²) in [6.45, 7) is 1.44. The van der Waals surface area contributed by atoms with Gasteiger partial charge in [0, 0.05) is 26.6 Å². The number of aromatic nitrogens is 1. The average molecular weight is 351 g/mol. The summed E-state index contributed by atoms with van der Waals surface area (Å²) < 4.78 is 8.96. The maximum Gasteiger partial charge on any atom is 0.119 e. The molecular formula is C16H13BrClNO. The topological polar surface area (TPSA) is 14.2 Å². The lowest BCUT2D eigenvalue weighted by Crippen LogP contribution is -2.06. The first kappa shape index (κ1) is 13.5. The molecule has 20 heavy (non-hydrogen) atoms. The minimum Gasteiger partial charge on any atom is -0.492 e. The summed E-state index contributed by atoms with van der Waals surface area (Å²) in [5.74, 6) is 0.882. The molecule has 0 atom stereocenters. The van der Waals surface area contributed by atoms with Crippen molar-refractivity contribution in [3.05, 3.63) is 64.2 Å². The summed E-state index contributed by atoms with van der Waals surface area (Å²) in [4.78, 5) is 0. The number of rotatable bonds is 4. The zero-order valence-corrected chi connectivity index (χ0v) is 13.1. The van der Waals surface area contributed by atoms with Gasteiger partial charge in [-0.15, -0.1) is 0 Å². The van der Waals surface area contributed by atoms with Gasteiger partial charge in [-0.3, -0.25) is 0 Å². The van der Waals surface area contributed by atoms with E-state index < -0.39 is 0 Å². The Balaban J connectivity index is 1.66. The second-order valence-corrected chi connectivity index (χ2v) is 5.87. The molecule has 0 N–H and O–H groups in total.